The molecule has 0 spiro atoms. The average Bonchev–Trinajstić information content (AvgIpc) is 3.29. The molecule has 4 aromatic rings. The highest BCUT2D eigenvalue weighted by molar-refractivity contribution is 7.99. The lowest BCUT2D eigenvalue weighted by molar-refractivity contribution is -0.113. The molecule has 222 valence electrons. The van der Waals surface area contributed by atoms with Gasteiger partial charge in [0.2, 0.25) is 0 Å². The van der Waals surface area contributed by atoms with E-state index in [4.69, 9.17) is 4.74 Å². The molecule has 2 N–H and O–H groups in total. The number of carbonyl (C=O) groups excluding carboxylic acids is 4. The van der Waals surface area contributed by atoms with E-state index in [0.29, 0.717) is 59.0 Å². The molecule has 44 heavy (non-hydrogen) atoms. The fourth-order valence-corrected chi connectivity index (χ4v) is 5.55. The van der Waals surface area contributed by atoms with E-state index < -0.39 is 11.8 Å². The number of ether oxygens (including phenoxy) is 1. The van der Waals surface area contributed by atoms with Gasteiger partial charge >= 0.3 is 0 Å². The summed E-state index contributed by atoms with van der Waals surface area (Å²) in [7, 11) is 0. The molecule has 5 rings (SSSR count). The lowest BCUT2D eigenvalue weighted by atomic mass is 10.1. The van der Waals surface area contributed by atoms with E-state index in [2.05, 4.69) is 10.6 Å². The Labute approximate surface area is 260 Å². The molecular formula is C35H31N3O5S. The molecule has 1 heterocycles. The monoisotopic (exact) mass is 605 g/mol. The summed E-state index contributed by atoms with van der Waals surface area (Å²) in [6.07, 6.45) is 2.23. The van der Waals surface area contributed by atoms with Crippen molar-refractivity contribution in [3.05, 3.63) is 131 Å². The van der Waals surface area contributed by atoms with Crippen LogP contribution in [0.1, 0.15) is 50.0 Å². The summed E-state index contributed by atoms with van der Waals surface area (Å²) in [4.78, 5) is 53.8. The minimum Gasteiger partial charge on any atom is -0.494 e. The van der Waals surface area contributed by atoms with Crippen LogP contribution in [0, 0.1) is 0 Å². The lowest BCUT2D eigenvalue weighted by Crippen LogP contribution is -2.31. The lowest BCUT2D eigenvalue weighted by Gasteiger charge is -2.14. The number of fused-ring (bicyclic) bond motifs is 1. The Kier molecular flexibility index (Phi) is 9.89. The molecule has 1 aliphatic heterocycles. The van der Waals surface area contributed by atoms with Gasteiger partial charge in [0.15, 0.2) is 0 Å². The Balaban J connectivity index is 1.22. The molecule has 9 heteroatoms. The first-order chi connectivity index (χ1) is 21.4. The molecule has 0 fully saturated rings. The predicted molar refractivity (Wildman–Crippen MR) is 172 cm³/mol. The Hall–Kier alpha value is -5.15. The first-order valence-electron chi connectivity index (χ1n) is 14.2. The van der Waals surface area contributed by atoms with Crippen molar-refractivity contribution >= 4 is 47.2 Å². The molecule has 8 nitrogen and oxygen atoms in total. The van der Waals surface area contributed by atoms with Crippen LogP contribution in [-0.2, 0) is 4.79 Å². The van der Waals surface area contributed by atoms with Crippen LogP contribution in [0.15, 0.2) is 114 Å². The zero-order valence-corrected chi connectivity index (χ0v) is 24.9. The second-order valence-corrected chi connectivity index (χ2v) is 11.0. The maximum atomic E-state index is 13.4. The summed E-state index contributed by atoms with van der Waals surface area (Å²) in [5, 5.41) is 5.64. The van der Waals surface area contributed by atoms with Gasteiger partial charge in [0.1, 0.15) is 11.4 Å². The fourth-order valence-electron chi connectivity index (χ4n) is 4.65. The third kappa shape index (κ3) is 7.43. The van der Waals surface area contributed by atoms with Crippen LogP contribution < -0.4 is 15.4 Å². The predicted octanol–water partition coefficient (Wildman–Crippen LogP) is 6.27. The number of carbonyl (C=O) groups is 4. The topological polar surface area (TPSA) is 105 Å². The molecule has 0 saturated heterocycles. The SMILES string of the molecule is CCOc1ccc(/C=C(/NC(=O)c2ccccc2)C(=O)Nc2cccc(SCCCN3C(=O)c4ccccc4C3=O)c2)cc1. The van der Waals surface area contributed by atoms with Crippen molar-refractivity contribution in [1.82, 2.24) is 10.2 Å². The van der Waals surface area contributed by atoms with Crippen LogP contribution in [0.5, 0.6) is 5.75 Å². The molecule has 4 aromatic carbocycles. The highest BCUT2D eigenvalue weighted by Crippen LogP contribution is 2.25. The molecule has 0 aliphatic carbocycles. The summed E-state index contributed by atoms with van der Waals surface area (Å²) < 4.78 is 5.51. The van der Waals surface area contributed by atoms with Crippen molar-refractivity contribution in [1.29, 1.82) is 0 Å². The number of rotatable bonds is 12. The van der Waals surface area contributed by atoms with Gasteiger partial charge in [-0.25, -0.2) is 0 Å². The molecule has 0 bridgehead atoms. The van der Waals surface area contributed by atoms with Crippen LogP contribution in [0.25, 0.3) is 6.08 Å². The van der Waals surface area contributed by atoms with Gasteiger partial charge in [-0.2, -0.15) is 0 Å². The Bertz CT molecular complexity index is 1670. The summed E-state index contributed by atoms with van der Waals surface area (Å²) in [6, 6.07) is 30.2. The number of thioether (sulfide) groups is 1. The molecule has 0 aromatic heterocycles. The van der Waals surface area contributed by atoms with E-state index in [0.717, 1.165) is 4.90 Å². The number of amides is 4. The van der Waals surface area contributed by atoms with Crippen molar-refractivity contribution in [2.75, 3.05) is 24.2 Å². The smallest absolute Gasteiger partial charge is 0.272 e. The van der Waals surface area contributed by atoms with Gasteiger partial charge in [-0.05, 0) is 85.3 Å². The maximum absolute atomic E-state index is 13.4. The number of nitrogens with zero attached hydrogens (tertiary/aromatic N) is 1. The first kappa shape index (κ1) is 30.3. The van der Waals surface area contributed by atoms with E-state index in [-0.39, 0.29) is 17.5 Å². The van der Waals surface area contributed by atoms with Crippen molar-refractivity contribution in [3.63, 3.8) is 0 Å². The highest BCUT2D eigenvalue weighted by atomic mass is 32.2. The van der Waals surface area contributed by atoms with E-state index in [1.807, 2.05) is 43.3 Å². The minimum atomic E-state index is -0.476. The highest BCUT2D eigenvalue weighted by Gasteiger charge is 2.34. The second-order valence-electron chi connectivity index (χ2n) is 9.87. The van der Waals surface area contributed by atoms with E-state index in [9.17, 15) is 19.2 Å². The first-order valence-corrected chi connectivity index (χ1v) is 15.2. The molecule has 0 unspecified atom stereocenters. The number of nitrogens with one attached hydrogen (secondary N) is 2. The minimum absolute atomic E-state index is 0.0852. The van der Waals surface area contributed by atoms with Crippen LogP contribution in [0.3, 0.4) is 0 Å². The second kappa shape index (κ2) is 14.3. The molecule has 0 saturated carbocycles. The van der Waals surface area contributed by atoms with E-state index in [1.54, 1.807) is 84.6 Å². The quantitative estimate of drug-likeness (QED) is 0.0854. The molecular weight excluding hydrogens is 574 g/mol. The maximum Gasteiger partial charge on any atom is 0.272 e. The number of anilines is 1. The van der Waals surface area contributed by atoms with Gasteiger partial charge < -0.3 is 15.4 Å². The number of imide groups is 1. The molecule has 0 radical (unpaired) electrons. The average molecular weight is 606 g/mol. The number of hydrogen-bond acceptors (Lipinski definition) is 6. The molecule has 0 atom stereocenters. The summed E-state index contributed by atoms with van der Waals surface area (Å²) in [6.45, 7) is 2.78. The van der Waals surface area contributed by atoms with Crippen LogP contribution in [0.4, 0.5) is 5.69 Å². The third-order valence-corrected chi connectivity index (χ3v) is 7.88. The van der Waals surface area contributed by atoms with E-state index in [1.165, 1.54) is 4.90 Å². The Morgan fingerprint density at radius 3 is 2.20 bits per heavy atom. The van der Waals surface area contributed by atoms with Gasteiger partial charge in [-0.15, -0.1) is 11.8 Å². The van der Waals surface area contributed by atoms with Gasteiger partial charge in [-0.1, -0.05) is 48.5 Å². The van der Waals surface area contributed by atoms with Gasteiger partial charge in [0.25, 0.3) is 23.6 Å². The largest absolute Gasteiger partial charge is 0.494 e. The zero-order valence-electron chi connectivity index (χ0n) is 24.1. The fraction of sp³-hybridized carbons (Fsp3) is 0.143. The van der Waals surface area contributed by atoms with Crippen molar-refractivity contribution in [2.24, 2.45) is 0 Å². The third-order valence-electron chi connectivity index (χ3n) is 6.80. The van der Waals surface area contributed by atoms with Crippen molar-refractivity contribution in [3.8, 4) is 5.75 Å². The van der Waals surface area contributed by atoms with Gasteiger partial charge in [-0.3, -0.25) is 24.1 Å². The van der Waals surface area contributed by atoms with Crippen LogP contribution in [0.2, 0.25) is 0 Å². The Morgan fingerprint density at radius 1 is 0.841 bits per heavy atom. The van der Waals surface area contributed by atoms with Crippen LogP contribution >= 0.6 is 11.8 Å². The molecule has 4 amide bonds. The summed E-state index contributed by atoms with van der Waals surface area (Å²) in [5.41, 5.74) is 2.69. The van der Waals surface area contributed by atoms with Gasteiger partial charge in [0, 0.05) is 22.7 Å². The standard InChI is InChI=1S/C35H31N3O5S/c1-2-43-27-18-16-24(17-19-27)22-31(37-32(39)25-10-4-3-5-11-25)33(40)36-26-12-8-13-28(23-26)44-21-9-20-38-34(41)29-14-6-7-15-30(29)35(38)42/h3-8,10-19,22-23H,2,9,20-21H2,1H3,(H,36,40)(H,37,39)/b31-22+. The normalized spacial score (nSPS) is 12.6. The number of hydrogen-bond donors (Lipinski definition) is 2. The van der Waals surface area contributed by atoms with Crippen molar-refractivity contribution in [2.45, 2.75) is 18.2 Å². The van der Waals surface area contributed by atoms with Crippen molar-refractivity contribution < 1.29 is 23.9 Å². The zero-order chi connectivity index (χ0) is 30.9. The Morgan fingerprint density at radius 2 is 1.52 bits per heavy atom. The van der Waals surface area contributed by atoms with Gasteiger partial charge in [0.05, 0.1) is 17.7 Å². The van der Waals surface area contributed by atoms with Crippen LogP contribution in [-0.4, -0.2) is 47.4 Å². The summed E-state index contributed by atoms with van der Waals surface area (Å²) in [5.74, 6) is -0.0123. The molecule has 1 aliphatic rings. The van der Waals surface area contributed by atoms with E-state index >= 15 is 0 Å². The summed E-state index contributed by atoms with van der Waals surface area (Å²) >= 11 is 1.56. The number of benzene rings is 4.